The van der Waals surface area contributed by atoms with Gasteiger partial charge in [0, 0.05) is 11.1 Å². The number of imide groups is 1. The molecular weight excluding hydrogens is 218 g/mol. The largest absolute Gasteiger partial charge is 0.508 e. The topological polar surface area (TPSA) is 57.6 Å². The number of carbonyl (C=O) groups is 2. The van der Waals surface area contributed by atoms with Gasteiger partial charge in [0.1, 0.15) is 5.75 Å². The van der Waals surface area contributed by atoms with Crippen molar-refractivity contribution >= 4 is 11.8 Å². The summed E-state index contributed by atoms with van der Waals surface area (Å²) < 4.78 is 0. The predicted octanol–water partition coefficient (Wildman–Crippen LogP) is 1.60. The highest BCUT2D eigenvalue weighted by molar-refractivity contribution is 6.18. The van der Waals surface area contributed by atoms with Crippen LogP contribution in [-0.2, 0) is 16.1 Å². The number of benzene rings is 1. The van der Waals surface area contributed by atoms with Crippen molar-refractivity contribution in [1.82, 2.24) is 4.90 Å². The molecule has 0 aliphatic carbocycles. The molecule has 1 N–H and O–H groups in total. The summed E-state index contributed by atoms with van der Waals surface area (Å²) in [6.07, 6.45) is 0. The van der Waals surface area contributed by atoms with Gasteiger partial charge in [0.05, 0.1) is 6.54 Å². The SMILES string of the molecule is CC1=C(C)C(=O)N(Cc2ccc(O)cc2)C1=O. The van der Waals surface area contributed by atoms with E-state index in [1.807, 2.05) is 0 Å². The van der Waals surface area contributed by atoms with Crippen molar-refractivity contribution in [3.8, 4) is 5.75 Å². The molecule has 88 valence electrons. The molecule has 0 fully saturated rings. The van der Waals surface area contributed by atoms with E-state index in [4.69, 9.17) is 5.11 Å². The second-order valence-electron chi connectivity index (χ2n) is 4.11. The van der Waals surface area contributed by atoms with Gasteiger partial charge >= 0.3 is 0 Å². The molecule has 1 heterocycles. The van der Waals surface area contributed by atoms with Crippen LogP contribution in [-0.4, -0.2) is 21.8 Å². The van der Waals surface area contributed by atoms with Crippen LogP contribution in [0.2, 0.25) is 0 Å². The van der Waals surface area contributed by atoms with Crippen LogP contribution in [0.1, 0.15) is 19.4 Å². The van der Waals surface area contributed by atoms with E-state index in [0.717, 1.165) is 5.56 Å². The number of hydrogen-bond acceptors (Lipinski definition) is 3. The summed E-state index contributed by atoms with van der Waals surface area (Å²) in [7, 11) is 0. The third-order valence-electron chi connectivity index (χ3n) is 2.97. The fourth-order valence-electron chi connectivity index (χ4n) is 1.75. The lowest BCUT2D eigenvalue weighted by Crippen LogP contribution is -2.30. The molecule has 0 unspecified atom stereocenters. The highest BCUT2D eigenvalue weighted by Crippen LogP contribution is 2.22. The van der Waals surface area contributed by atoms with Gasteiger partial charge in [0.15, 0.2) is 0 Å². The third kappa shape index (κ3) is 1.93. The Kier molecular flexibility index (Phi) is 2.71. The zero-order valence-electron chi connectivity index (χ0n) is 9.73. The van der Waals surface area contributed by atoms with Gasteiger partial charge in [-0.3, -0.25) is 14.5 Å². The maximum Gasteiger partial charge on any atom is 0.257 e. The molecule has 1 aliphatic heterocycles. The van der Waals surface area contributed by atoms with E-state index >= 15 is 0 Å². The molecular formula is C13H13NO3. The maximum atomic E-state index is 11.8. The number of nitrogens with zero attached hydrogens (tertiary/aromatic N) is 1. The van der Waals surface area contributed by atoms with Gasteiger partial charge in [-0.05, 0) is 31.5 Å². The highest BCUT2D eigenvalue weighted by Gasteiger charge is 2.32. The molecule has 0 atom stereocenters. The number of aromatic hydroxyl groups is 1. The molecule has 0 saturated carbocycles. The van der Waals surface area contributed by atoms with Crippen molar-refractivity contribution in [2.45, 2.75) is 20.4 Å². The summed E-state index contributed by atoms with van der Waals surface area (Å²) in [6, 6.07) is 6.46. The van der Waals surface area contributed by atoms with Gasteiger partial charge in [-0.15, -0.1) is 0 Å². The minimum Gasteiger partial charge on any atom is -0.508 e. The quantitative estimate of drug-likeness (QED) is 0.786. The zero-order valence-corrected chi connectivity index (χ0v) is 9.73. The van der Waals surface area contributed by atoms with E-state index < -0.39 is 0 Å². The number of amides is 2. The Labute approximate surface area is 99.2 Å². The average Bonchev–Trinajstić information content (AvgIpc) is 2.50. The smallest absolute Gasteiger partial charge is 0.257 e. The lowest BCUT2D eigenvalue weighted by molar-refractivity contribution is -0.138. The van der Waals surface area contributed by atoms with Crippen molar-refractivity contribution in [1.29, 1.82) is 0 Å². The summed E-state index contributed by atoms with van der Waals surface area (Å²) in [5.74, 6) is -0.306. The van der Waals surface area contributed by atoms with E-state index in [2.05, 4.69) is 0 Å². The van der Waals surface area contributed by atoms with Crippen LogP contribution >= 0.6 is 0 Å². The molecule has 4 heteroatoms. The first kappa shape index (κ1) is 11.4. The van der Waals surface area contributed by atoms with Crippen LogP contribution in [0.15, 0.2) is 35.4 Å². The summed E-state index contributed by atoms with van der Waals surface area (Å²) in [5, 5.41) is 9.15. The van der Waals surface area contributed by atoms with Crippen LogP contribution in [0, 0.1) is 0 Å². The molecule has 4 nitrogen and oxygen atoms in total. The average molecular weight is 231 g/mol. The first-order valence-electron chi connectivity index (χ1n) is 5.32. The fourth-order valence-corrected chi connectivity index (χ4v) is 1.75. The minimum atomic E-state index is -0.236. The molecule has 1 aliphatic rings. The first-order valence-corrected chi connectivity index (χ1v) is 5.32. The first-order chi connectivity index (χ1) is 8.00. The predicted molar refractivity (Wildman–Crippen MR) is 62.0 cm³/mol. The van der Waals surface area contributed by atoms with Crippen LogP contribution in [0.3, 0.4) is 0 Å². The lowest BCUT2D eigenvalue weighted by atomic mass is 10.2. The number of hydrogen-bond donors (Lipinski definition) is 1. The van der Waals surface area contributed by atoms with Crippen LogP contribution in [0.4, 0.5) is 0 Å². The normalized spacial score (nSPS) is 16.0. The fraction of sp³-hybridized carbons (Fsp3) is 0.231. The molecule has 0 aromatic heterocycles. The molecule has 1 aromatic rings. The van der Waals surface area contributed by atoms with Crippen molar-refractivity contribution in [2.75, 3.05) is 0 Å². The van der Waals surface area contributed by atoms with Gasteiger partial charge in [0.2, 0.25) is 0 Å². The molecule has 0 bridgehead atoms. The molecule has 17 heavy (non-hydrogen) atoms. The van der Waals surface area contributed by atoms with Crippen LogP contribution in [0.25, 0.3) is 0 Å². The van der Waals surface area contributed by atoms with Gasteiger partial charge < -0.3 is 5.11 Å². The summed E-state index contributed by atoms with van der Waals surface area (Å²) in [5.41, 5.74) is 1.83. The van der Waals surface area contributed by atoms with Gasteiger partial charge in [-0.1, -0.05) is 12.1 Å². The van der Waals surface area contributed by atoms with Crippen molar-refractivity contribution < 1.29 is 14.7 Å². The molecule has 2 rings (SSSR count). The summed E-state index contributed by atoms with van der Waals surface area (Å²) >= 11 is 0. The van der Waals surface area contributed by atoms with E-state index in [-0.39, 0.29) is 24.1 Å². The second kappa shape index (κ2) is 4.05. The zero-order chi connectivity index (χ0) is 12.6. The van der Waals surface area contributed by atoms with Crippen LogP contribution in [0.5, 0.6) is 5.75 Å². The Morgan fingerprint density at radius 3 is 1.94 bits per heavy atom. The van der Waals surface area contributed by atoms with Crippen LogP contribution < -0.4 is 0 Å². The van der Waals surface area contributed by atoms with Crippen molar-refractivity contribution in [3.63, 3.8) is 0 Å². The summed E-state index contributed by atoms with van der Waals surface area (Å²) in [4.78, 5) is 24.8. The van der Waals surface area contributed by atoms with E-state index in [9.17, 15) is 9.59 Å². The second-order valence-corrected chi connectivity index (χ2v) is 4.11. The Balaban J connectivity index is 2.19. The summed E-state index contributed by atoms with van der Waals surface area (Å²) in [6.45, 7) is 3.56. The van der Waals surface area contributed by atoms with Crippen molar-refractivity contribution in [3.05, 3.63) is 41.0 Å². The third-order valence-corrected chi connectivity index (χ3v) is 2.97. The minimum absolute atomic E-state index is 0.165. The van der Waals surface area contributed by atoms with Gasteiger partial charge in [-0.2, -0.15) is 0 Å². The van der Waals surface area contributed by atoms with E-state index in [0.29, 0.717) is 11.1 Å². The van der Waals surface area contributed by atoms with E-state index in [1.165, 1.54) is 17.0 Å². The number of carbonyl (C=O) groups excluding carboxylic acids is 2. The number of phenolic OH excluding ortho intramolecular Hbond substituents is 1. The molecule has 2 amide bonds. The van der Waals surface area contributed by atoms with E-state index in [1.54, 1.807) is 26.0 Å². The number of rotatable bonds is 2. The van der Waals surface area contributed by atoms with Crippen molar-refractivity contribution in [2.24, 2.45) is 0 Å². The Morgan fingerprint density at radius 2 is 1.47 bits per heavy atom. The lowest BCUT2D eigenvalue weighted by Gasteiger charge is -2.14. The molecule has 0 radical (unpaired) electrons. The van der Waals surface area contributed by atoms with Gasteiger partial charge in [-0.25, -0.2) is 0 Å². The monoisotopic (exact) mass is 231 g/mol. The standard InChI is InChI=1S/C13H13NO3/c1-8-9(2)13(17)14(12(8)16)7-10-3-5-11(15)6-4-10/h3-6,15H,7H2,1-2H3. The number of phenols is 1. The molecule has 0 spiro atoms. The highest BCUT2D eigenvalue weighted by atomic mass is 16.3. The van der Waals surface area contributed by atoms with Gasteiger partial charge in [0.25, 0.3) is 11.8 Å². The Bertz CT molecular complexity index is 490. The Morgan fingerprint density at radius 1 is 1.00 bits per heavy atom. The molecule has 1 aromatic carbocycles. The molecule has 0 saturated heterocycles. The Hall–Kier alpha value is -2.10. The maximum absolute atomic E-state index is 11.8.